The van der Waals surface area contributed by atoms with Gasteiger partial charge in [0.25, 0.3) is 0 Å². The van der Waals surface area contributed by atoms with Gasteiger partial charge < -0.3 is 9.57 Å². The molecule has 0 aliphatic heterocycles. The van der Waals surface area contributed by atoms with Crippen molar-refractivity contribution in [3.05, 3.63) is 22.2 Å². The summed E-state index contributed by atoms with van der Waals surface area (Å²) in [4.78, 5) is 18.8. The Morgan fingerprint density at radius 1 is 1.67 bits per heavy atom. The number of aromatic nitrogens is 2. The molecule has 0 unspecified atom stereocenters. The first-order valence-corrected chi connectivity index (χ1v) is 5.01. The maximum absolute atomic E-state index is 11.6. The Balaban J connectivity index is 3.15. The molecule has 9 nitrogen and oxygen atoms in total. The van der Waals surface area contributed by atoms with E-state index in [1.807, 2.05) is 0 Å². The minimum atomic E-state index is -0.662. The Morgan fingerprint density at radius 2 is 2.39 bits per heavy atom. The van der Waals surface area contributed by atoms with E-state index >= 15 is 0 Å². The fourth-order valence-electron chi connectivity index (χ4n) is 1.19. The summed E-state index contributed by atoms with van der Waals surface area (Å²) in [6, 6.07) is 1.41. The third kappa shape index (κ3) is 2.98. The molecule has 18 heavy (non-hydrogen) atoms. The lowest BCUT2D eigenvalue weighted by Crippen LogP contribution is -2.20. The van der Waals surface area contributed by atoms with E-state index in [4.69, 9.17) is 10.3 Å². The lowest BCUT2D eigenvalue weighted by atomic mass is 10.3. The molecule has 0 aliphatic carbocycles. The van der Waals surface area contributed by atoms with Gasteiger partial charge in [0.2, 0.25) is 5.71 Å². The molecule has 96 valence electrons. The van der Waals surface area contributed by atoms with Gasteiger partial charge >= 0.3 is 5.97 Å². The van der Waals surface area contributed by atoms with Gasteiger partial charge in [0.1, 0.15) is 18.6 Å². The van der Waals surface area contributed by atoms with Crippen molar-refractivity contribution in [2.75, 3.05) is 13.7 Å². The van der Waals surface area contributed by atoms with Crippen LogP contribution in [-0.2, 0) is 21.4 Å². The minimum Gasteiger partial charge on any atom is -0.461 e. The number of nitrogens with zero attached hydrogens (tertiary/aromatic N) is 6. The number of oxime groups is 1. The van der Waals surface area contributed by atoms with Gasteiger partial charge in [-0.15, -0.1) is 0 Å². The lowest BCUT2D eigenvalue weighted by molar-refractivity contribution is -0.135. The fraction of sp³-hybridized carbons (Fsp3) is 0.444. The summed E-state index contributed by atoms with van der Waals surface area (Å²) in [6.45, 7) is 1.88. The molecule has 1 heterocycles. The zero-order chi connectivity index (χ0) is 13.5. The van der Waals surface area contributed by atoms with Crippen molar-refractivity contribution in [1.82, 2.24) is 9.78 Å². The number of esters is 1. The first-order valence-electron chi connectivity index (χ1n) is 5.01. The third-order valence-electron chi connectivity index (χ3n) is 1.90. The van der Waals surface area contributed by atoms with E-state index in [0.29, 0.717) is 0 Å². The Hall–Kier alpha value is -2.54. The van der Waals surface area contributed by atoms with E-state index in [-0.39, 0.29) is 23.8 Å². The molecule has 9 heteroatoms. The second-order valence-corrected chi connectivity index (χ2v) is 3.04. The molecule has 1 aromatic heterocycles. The van der Waals surface area contributed by atoms with Gasteiger partial charge in [-0.3, -0.25) is 4.68 Å². The third-order valence-corrected chi connectivity index (χ3v) is 1.90. The molecular weight excluding hydrogens is 240 g/mol. The topological polar surface area (TPSA) is 114 Å². The Morgan fingerprint density at radius 3 is 2.94 bits per heavy atom. The van der Waals surface area contributed by atoms with Crippen molar-refractivity contribution in [2.45, 2.75) is 6.92 Å². The molecule has 0 bridgehead atoms. The average molecular weight is 252 g/mol. The summed E-state index contributed by atoms with van der Waals surface area (Å²) in [7, 11) is 2.87. The lowest BCUT2D eigenvalue weighted by Gasteiger charge is -2.01. The fourth-order valence-corrected chi connectivity index (χ4v) is 1.19. The molecule has 0 radical (unpaired) electrons. The predicted octanol–water partition coefficient (Wildman–Crippen LogP) is 1.28. The van der Waals surface area contributed by atoms with Gasteiger partial charge in [-0.2, -0.15) is 5.10 Å². The number of aryl methyl sites for hydroxylation is 1. The highest BCUT2D eigenvalue weighted by atomic mass is 16.6. The molecule has 1 aromatic rings. The van der Waals surface area contributed by atoms with Gasteiger partial charge in [0.05, 0.1) is 6.61 Å². The summed E-state index contributed by atoms with van der Waals surface area (Å²) < 4.78 is 6.14. The van der Waals surface area contributed by atoms with Crippen LogP contribution in [-0.4, -0.2) is 35.2 Å². The summed E-state index contributed by atoms with van der Waals surface area (Å²) >= 11 is 0. The van der Waals surface area contributed by atoms with Crippen LogP contribution in [0.4, 0.5) is 5.82 Å². The van der Waals surface area contributed by atoms with Crippen LogP contribution < -0.4 is 0 Å². The second kappa shape index (κ2) is 6.26. The van der Waals surface area contributed by atoms with Crippen LogP contribution in [0.15, 0.2) is 16.3 Å². The van der Waals surface area contributed by atoms with E-state index in [1.165, 1.54) is 17.9 Å². The number of ether oxygens (including phenoxy) is 1. The van der Waals surface area contributed by atoms with Crippen LogP contribution in [0.2, 0.25) is 0 Å². The van der Waals surface area contributed by atoms with Gasteiger partial charge in [0, 0.05) is 12.0 Å². The SMILES string of the molecule is CCOC(=O)C(=NOC)c1cc(N=[N+]=[N-])n(C)n1. The van der Waals surface area contributed by atoms with Gasteiger partial charge in [-0.1, -0.05) is 5.16 Å². The summed E-state index contributed by atoms with van der Waals surface area (Å²) in [5.41, 5.74) is 8.48. The number of carbonyl (C=O) groups is 1. The van der Waals surface area contributed by atoms with Gasteiger partial charge in [-0.05, 0) is 23.6 Å². The highest BCUT2D eigenvalue weighted by molar-refractivity contribution is 6.42. The highest BCUT2D eigenvalue weighted by Crippen LogP contribution is 2.14. The number of rotatable bonds is 5. The zero-order valence-electron chi connectivity index (χ0n) is 10.2. The molecule has 0 atom stereocenters. The van der Waals surface area contributed by atoms with Crippen LogP contribution in [0, 0.1) is 0 Å². The quantitative estimate of drug-likeness (QED) is 0.196. The molecule has 0 spiro atoms. The van der Waals surface area contributed by atoms with E-state index in [2.05, 4.69) is 25.1 Å². The van der Waals surface area contributed by atoms with E-state index in [9.17, 15) is 4.79 Å². The summed E-state index contributed by atoms with van der Waals surface area (Å²) in [5.74, 6) is -0.412. The largest absolute Gasteiger partial charge is 0.461 e. The number of hydrogen-bond donors (Lipinski definition) is 0. The normalized spacial score (nSPS) is 10.7. The molecule has 0 aromatic carbocycles. The number of hydrogen-bond acceptors (Lipinski definition) is 6. The standard InChI is InChI=1S/C9H12N6O3/c1-4-18-9(16)8(13-17-3)6-5-7(11-14-10)15(2)12-6/h5H,4H2,1-3H3. The maximum Gasteiger partial charge on any atom is 0.362 e. The van der Waals surface area contributed by atoms with Gasteiger partial charge in [0.15, 0.2) is 0 Å². The number of carbonyl (C=O) groups excluding carboxylic acids is 1. The molecule has 1 rings (SSSR count). The predicted molar refractivity (Wildman–Crippen MR) is 62.2 cm³/mol. The van der Waals surface area contributed by atoms with Crippen LogP contribution in [0.3, 0.4) is 0 Å². The van der Waals surface area contributed by atoms with Crippen molar-refractivity contribution in [3.8, 4) is 0 Å². The summed E-state index contributed by atoms with van der Waals surface area (Å²) in [5, 5.41) is 11.0. The molecule has 0 N–H and O–H groups in total. The smallest absolute Gasteiger partial charge is 0.362 e. The molecule has 0 saturated carbocycles. The van der Waals surface area contributed by atoms with Gasteiger partial charge in [-0.25, -0.2) is 4.79 Å². The Bertz CT molecular complexity index is 514. The Kier molecular flexibility index (Phi) is 4.70. The first kappa shape index (κ1) is 13.5. The second-order valence-electron chi connectivity index (χ2n) is 3.04. The van der Waals surface area contributed by atoms with Crippen molar-refractivity contribution in [2.24, 2.45) is 17.3 Å². The molecule has 0 amide bonds. The van der Waals surface area contributed by atoms with E-state index < -0.39 is 5.97 Å². The van der Waals surface area contributed by atoms with Crippen molar-refractivity contribution in [1.29, 1.82) is 0 Å². The van der Waals surface area contributed by atoms with E-state index in [0.717, 1.165) is 0 Å². The summed E-state index contributed by atoms with van der Waals surface area (Å²) in [6.07, 6.45) is 0. The maximum atomic E-state index is 11.6. The van der Waals surface area contributed by atoms with Crippen molar-refractivity contribution < 1.29 is 14.4 Å². The van der Waals surface area contributed by atoms with Crippen LogP contribution in [0.25, 0.3) is 10.4 Å². The van der Waals surface area contributed by atoms with Crippen LogP contribution >= 0.6 is 0 Å². The molecule has 0 saturated heterocycles. The zero-order valence-corrected chi connectivity index (χ0v) is 10.2. The van der Waals surface area contributed by atoms with Crippen molar-refractivity contribution >= 4 is 17.5 Å². The van der Waals surface area contributed by atoms with Crippen LogP contribution in [0.1, 0.15) is 12.6 Å². The Labute approximate surface area is 103 Å². The molecule has 0 aliphatic rings. The first-order chi connectivity index (χ1) is 8.63. The van der Waals surface area contributed by atoms with Crippen molar-refractivity contribution in [3.63, 3.8) is 0 Å². The highest BCUT2D eigenvalue weighted by Gasteiger charge is 2.20. The number of azide groups is 1. The average Bonchev–Trinajstić information content (AvgIpc) is 2.68. The monoisotopic (exact) mass is 252 g/mol. The van der Waals surface area contributed by atoms with Crippen LogP contribution in [0.5, 0.6) is 0 Å². The van der Waals surface area contributed by atoms with E-state index in [1.54, 1.807) is 14.0 Å². The molecular formula is C9H12N6O3. The minimum absolute atomic E-state index is 0.0886. The molecule has 0 fully saturated rings.